The number of imidazole rings is 1. The molecule has 1 heterocycles. The zero-order valence-electron chi connectivity index (χ0n) is 18.6. The highest BCUT2D eigenvalue weighted by Crippen LogP contribution is 2.20. The topological polar surface area (TPSA) is 120 Å². The van der Waals surface area contributed by atoms with Gasteiger partial charge in [0.15, 0.2) is 0 Å². The molecule has 0 radical (unpaired) electrons. The van der Waals surface area contributed by atoms with Gasteiger partial charge in [-0.25, -0.2) is 4.98 Å². The second kappa shape index (κ2) is 11.0. The Hall–Kier alpha value is -3.95. The van der Waals surface area contributed by atoms with E-state index in [1.54, 1.807) is 22.8 Å². The van der Waals surface area contributed by atoms with E-state index in [-0.39, 0.29) is 36.9 Å². The molecule has 3 aromatic carbocycles. The van der Waals surface area contributed by atoms with Gasteiger partial charge in [0.05, 0.1) is 35.0 Å². The molecule has 0 fully saturated rings. The van der Waals surface area contributed by atoms with Gasteiger partial charge in [0.25, 0.3) is 5.69 Å². The summed E-state index contributed by atoms with van der Waals surface area (Å²) in [4.78, 5) is 27.6. The van der Waals surface area contributed by atoms with Gasteiger partial charge in [-0.2, -0.15) is 0 Å². The Balaban J connectivity index is 1.43. The van der Waals surface area contributed by atoms with Gasteiger partial charge in [-0.3, -0.25) is 14.9 Å². The molecule has 1 amide bonds. The zero-order chi connectivity index (χ0) is 24.8. The number of aliphatic hydroxyl groups excluding tert-OH is 1. The molecule has 0 saturated carbocycles. The van der Waals surface area contributed by atoms with Gasteiger partial charge in [-0.05, 0) is 35.9 Å². The van der Waals surface area contributed by atoms with Crippen LogP contribution in [0, 0.1) is 10.1 Å². The van der Waals surface area contributed by atoms with Crippen LogP contribution in [0.3, 0.4) is 0 Å². The number of rotatable bonds is 10. The highest BCUT2D eigenvalue weighted by atomic mass is 35.5. The number of benzene rings is 3. The summed E-state index contributed by atoms with van der Waals surface area (Å²) in [5.74, 6) is 0.587. The van der Waals surface area contributed by atoms with E-state index in [1.165, 1.54) is 18.2 Å². The standard InChI is InChI=1S/C25H23ClN4O5/c26-18-10-8-17(9-11-18)14-27-25(32)13-24-28-22-6-1-2-7-23(22)29(24)15-20(31)16-35-21-5-3-4-19(12-21)30(33)34/h1-12,20,31H,13-16H2,(H,27,32). The first kappa shape index (κ1) is 24.2. The molecule has 2 N–H and O–H groups in total. The number of aromatic nitrogens is 2. The van der Waals surface area contributed by atoms with Crippen LogP contribution in [-0.2, 0) is 24.3 Å². The van der Waals surface area contributed by atoms with Crippen molar-refractivity contribution in [3.63, 3.8) is 0 Å². The van der Waals surface area contributed by atoms with E-state index in [2.05, 4.69) is 10.3 Å². The van der Waals surface area contributed by atoms with Crippen molar-refractivity contribution >= 4 is 34.2 Å². The number of non-ortho nitro benzene ring substituents is 1. The number of carbonyl (C=O) groups excluding carboxylic acids is 1. The number of nitrogens with one attached hydrogen (secondary N) is 1. The van der Waals surface area contributed by atoms with Crippen LogP contribution in [0.5, 0.6) is 5.75 Å². The molecule has 1 unspecified atom stereocenters. The van der Waals surface area contributed by atoms with Crippen LogP contribution in [0.25, 0.3) is 11.0 Å². The quantitative estimate of drug-likeness (QED) is 0.255. The molecule has 0 spiro atoms. The number of amides is 1. The highest BCUT2D eigenvalue weighted by molar-refractivity contribution is 6.30. The molecule has 0 aliphatic carbocycles. The van der Waals surface area contributed by atoms with Gasteiger partial charge < -0.3 is 19.7 Å². The number of carbonyl (C=O) groups is 1. The first-order chi connectivity index (χ1) is 16.9. The van der Waals surface area contributed by atoms with Crippen molar-refractivity contribution in [2.75, 3.05) is 6.61 Å². The number of ether oxygens (including phenoxy) is 1. The Morgan fingerprint density at radius 3 is 2.69 bits per heavy atom. The van der Waals surface area contributed by atoms with Crippen molar-refractivity contribution < 1.29 is 19.6 Å². The Bertz CT molecular complexity index is 1340. The molecule has 10 heteroatoms. The Labute approximate surface area is 206 Å². The van der Waals surface area contributed by atoms with Crippen molar-refractivity contribution in [2.45, 2.75) is 25.6 Å². The summed E-state index contributed by atoms with van der Waals surface area (Å²) in [5, 5.41) is 25.1. The fourth-order valence-electron chi connectivity index (χ4n) is 3.62. The largest absolute Gasteiger partial charge is 0.491 e. The molecule has 0 saturated heterocycles. The molecule has 1 aromatic heterocycles. The van der Waals surface area contributed by atoms with Crippen LogP contribution in [-0.4, -0.2) is 38.2 Å². The number of nitro benzene ring substituents is 1. The number of para-hydroxylation sites is 2. The maximum Gasteiger partial charge on any atom is 0.273 e. The number of nitrogens with zero attached hydrogens (tertiary/aromatic N) is 3. The fourth-order valence-corrected chi connectivity index (χ4v) is 3.74. The van der Waals surface area contributed by atoms with Crippen molar-refractivity contribution in [3.8, 4) is 5.75 Å². The van der Waals surface area contributed by atoms with E-state index in [1.807, 2.05) is 36.4 Å². The number of halogens is 1. The summed E-state index contributed by atoms with van der Waals surface area (Å²) in [6, 6.07) is 20.4. The molecule has 9 nitrogen and oxygen atoms in total. The number of nitro groups is 1. The maximum atomic E-state index is 12.6. The summed E-state index contributed by atoms with van der Waals surface area (Å²) in [6.07, 6.45) is -0.913. The normalized spacial score (nSPS) is 11.8. The minimum absolute atomic E-state index is 0.0285. The molecule has 0 aliphatic heterocycles. The van der Waals surface area contributed by atoms with Gasteiger partial charge in [-0.1, -0.05) is 41.9 Å². The van der Waals surface area contributed by atoms with Crippen LogP contribution in [0.1, 0.15) is 11.4 Å². The van der Waals surface area contributed by atoms with Crippen LogP contribution in [0.15, 0.2) is 72.8 Å². The third-order valence-corrected chi connectivity index (χ3v) is 5.57. The van der Waals surface area contributed by atoms with E-state index in [9.17, 15) is 20.0 Å². The van der Waals surface area contributed by atoms with Gasteiger partial charge in [-0.15, -0.1) is 0 Å². The number of hydrogen-bond acceptors (Lipinski definition) is 6. The number of hydrogen-bond donors (Lipinski definition) is 2. The first-order valence-corrected chi connectivity index (χ1v) is 11.3. The van der Waals surface area contributed by atoms with Crippen molar-refractivity contribution in [1.82, 2.24) is 14.9 Å². The third kappa shape index (κ3) is 6.34. The predicted octanol–water partition coefficient (Wildman–Crippen LogP) is 3.90. The Morgan fingerprint density at radius 1 is 1.14 bits per heavy atom. The molecule has 4 rings (SSSR count). The smallest absolute Gasteiger partial charge is 0.273 e. The lowest BCUT2D eigenvalue weighted by molar-refractivity contribution is -0.384. The lowest BCUT2D eigenvalue weighted by Gasteiger charge is -2.16. The second-order valence-corrected chi connectivity index (χ2v) is 8.36. The Morgan fingerprint density at radius 2 is 1.91 bits per heavy atom. The first-order valence-electron chi connectivity index (χ1n) is 10.9. The number of fused-ring (bicyclic) bond motifs is 1. The van der Waals surface area contributed by atoms with Crippen LogP contribution in [0.4, 0.5) is 5.69 Å². The molecule has 180 valence electrons. The summed E-state index contributed by atoms with van der Waals surface area (Å²) < 4.78 is 7.35. The van der Waals surface area contributed by atoms with Crippen molar-refractivity contribution in [1.29, 1.82) is 0 Å². The summed E-state index contributed by atoms with van der Waals surface area (Å²) in [7, 11) is 0. The molecule has 0 bridgehead atoms. The molecular weight excluding hydrogens is 472 g/mol. The van der Waals surface area contributed by atoms with Gasteiger partial charge in [0.2, 0.25) is 5.91 Å². The molecule has 4 aromatic rings. The average molecular weight is 495 g/mol. The van der Waals surface area contributed by atoms with Crippen LogP contribution >= 0.6 is 11.6 Å². The minimum Gasteiger partial charge on any atom is -0.491 e. The minimum atomic E-state index is -0.942. The number of aliphatic hydroxyl groups is 1. The summed E-state index contributed by atoms with van der Waals surface area (Å²) in [6.45, 7) is 0.404. The van der Waals surface area contributed by atoms with Gasteiger partial charge in [0, 0.05) is 17.6 Å². The summed E-state index contributed by atoms with van der Waals surface area (Å²) in [5.41, 5.74) is 2.32. The van der Waals surface area contributed by atoms with Crippen molar-refractivity contribution in [3.05, 3.63) is 99.3 Å². The fraction of sp³-hybridized carbons (Fsp3) is 0.200. The van der Waals surface area contributed by atoms with E-state index < -0.39 is 11.0 Å². The molecular formula is C25H23ClN4O5. The van der Waals surface area contributed by atoms with Gasteiger partial charge in [0.1, 0.15) is 24.3 Å². The monoisotopic (exact) mass is 494 g/mol. The lowest BCUT2D eigenvalue weighted by atomic mass is 10.2. The zero-order valence-corrected chi connectivity index (χ0v) is 19.4. The maximum absolute atomic E-state index is 12.6. The molecule has 35 heavy (non-hydrogen) atoms. The Kier molecular flexibility index (Phi) is 7.59. The summed E-state index contributed by atoms with van der Waals surface area (Å²) >= 11 is 5.90. The van der Waals surface area contributed by atoms with Crippen molar-refractivity contribution in [2.24, 2.45) is 0 Å². The van der Waals surface area contributed by atoms with E-state index >= 15 is 0 Å². The lowest BCUT2D eigenvalue weighted by Crippen LogP contribution is -2.28. The SMILES string of the molecule is O=C(Cc1nc2ccccc2n1CC(O)COc1cccc([N+](=O)[O-])c1)NCc1ccc(Cl)cc1. The average Bonchev–Trinajstić information content (AvgIpc) is 3.19. The molecule has 1 atom stereocenters. The molecule has 0 aliphatic rings. The van der Waals surface area contributed by atoms with E-state index in [4.69, 9.17) is 16.3 Å². The van der Waals surface area contributed by atoms with Gasteiger partial charge >= 0.3 is 0 Å². The van der Waals surface area contributed by atoms with Crippen LogP contribution < -0.4 is 10.1 Å². The second-order valence-electron chi connectivity index (χ2n) is 7.93. The third-order valence-electron chi connectivity index (χ3n) is 5.32. The van der Waals surface area contributed by atoms with E-state index in [0.29, 0.717) is 22.9 Å². The van der Waals surface area contributed by atoms with Crippen LogP contribution in [0.2, 0.25) is 5.02 Å². The van der Waals surface area contributed by atoms with E-state index in [0.717, 1.165) is 11.1 Å². The predicted molar refractivity (Wildman–Crippen MR) is 131 cm³/mol. The highest BCUT2D eigenvalue weighted by Gasteiger charge is 2.17.